The van der Waals surface area contributed by atoms with Crippen molar-refractivity contribution in [2.75, 3.05) is 18.6 Å². The number of hydrogen-bond donors (Lipinski definition) is 1. The molecule has 3 unspecified atom stereocenters. The second-order valence-corrected chi connectivity index (χ2v) is 7.74. The first kappa shape index (κ1) is 14.7. The zero-order valence-electron chi connectivity index (χ0n) is 10.9. The smallest absolute Gasteiger partial charge is 0.0931 e. The zero-order chi connectivity index (χ0) is 13.1. The average Bonchev–Trinajstić information content (AvgIpc) is 3.00. The molecule has 1 aromatic rings. The van der Waals surface area contributed by atoms with E-state index in [2.05, 4.69) is 24.9 Å². The lowest BCUT2D eigenvalue weighted by molar-refractivity contribution is 0.164. The van der Waals surface area contributed by atoms with E-state index in [0.717, 1.165) is 10.8 Å². The highest BCUT2D eigenvalue weighted by atomic mass is 35.5. The molecule has 18 heavy (non-hydrogen) atoms. The third-order valence-electron chi connectivity index (χ3n) is 3.68. The summed E-state index contributed by atoms with van der Waals surface area (Å²) < 4.78 is 0.854. The van der Waals surface area contributed by atoms with E-state index < -0.39 is 0 Å². The van der Waals surface area contributed by atoms with E-state index in [1.807, 2.05) is 17.8 Å². The number of likely N-dealkylation sites (N-methyl/N-ethyl adjacent to an activating group) is 1. The number of nitrogens with two attached hydrogens (primary N) is 1. The molecule has 3 atom stereocenters. The maximum atomic E-state index is 6.34. The number of halogens is 1. The van der Waals surface area contributed by atoms with Gasteiger partial charge in [0.05, 0.1) is 10.4 Å². The summed E-state index contributed by atoms with van der Waals surface area (Å²) in [5.41, 5.74) is 6.34. The van der Waals surface area contributed by atoms with Gasteiger partial charge in [-0.05, 0) is 37.8 Å². The molecule has 1 aromatic heterocycles. The minimum absolute atomic E-state index is 0.176. The van der Waals surface area contributed by atoms with Gasteiger partial charge in [0.1, 0.15) is 0 Å². The second-order valence-electron chi connectivity index (χ2n) is 4.84. The fraction of sp³-hybridized carbons (Fsp3) is 0.692. The highest BCUT2D eigenvalue weighted by molar-refractivity contribution is 7.99. The topological polar surface area (TPSA) is 29.3 Å². The molecular formula is C13H21ClN2S2. The molecule has 0 amide bonds. The Balaban J connectivity index is 2.18. The predicted molar refractivity (Wildman–Crippen MR) is 83.8 cm³/mol. The summed E-state index contributed by atoms with van der Waals surface area (Å²) in [6.45, 7) is 2.16. The van der Waals surface area contributed by atoms with Crippen molar-refractivity contribution in [2.45, 2.75) is 37.9 Å². The molecule has 0 radical (unpaired) electrons. The van der Waals surface area contributed by atoms with Crippen LogP contribution in [0.1, 0.15) is 30.7 Å². The molecule has 2 N–H and O–H groups in total. The summed E-state index contributed by atoms with van der Waals surface area (Å²) in [5, 5.41) is 0. The first-order chi connectivity index (χ1) is 8.63. The van der Waals surface area contributed by atoms with Crippen molar-refractivity contribution in [3.05, 3.63) is 21.3 Å². The van der Waals surface area contributed by atoms with Gasteiger partial charge >= 0.3 is 0 Å². The van der Waals surface area contributed by atoms with Gasteiger partial charge < -0.3 is 5.73 Å². The molecular weight excluding hydrogens is 284 g/mol. The summed E-state index contributed by atoms with van der Waals surface area (Å²) in [4.78, 5) is 3.77. The van der Waals surface area contributed by atoms with Gasteiger partial charge in [0.15, 0.2) is 0 Å². The van der Waals surface area contributed by atoms with Gasteiger partial charge in [0.25, 0.3) is 0 Å². The number of thioether (sulfide) groups is 1. The zero-order valence-corrected chi connectivity index (χ0v) is 13.3. The quantitative estimate of drug-likeness (QED) is 0.901. The van der Waals surface area contributed by atoms with Crippen molar-refractivity contribution in [2.24, 2.45) is 5.73 Å². The predicted octanol–water partition coefficient (Wildman–Crippen LogP) is 3.62. The van der Waals surface area contributed by atoms with E-state index in [-0.39, 0.29) is 6.04 Å². The molecule has 2 rings (SSSR count). The number of nitrogens with zero attached hydrogens (tertiary/aromatic N) is 1. The van der Waals surface area contributed by atoms with Crippen molar-refractivity contribution < 1.29 is 0 Å². The van der Waals surface area contributed by atoms with Crippen LogP contribution in [0.2, 0.25) is 4.34 Å². The molecule has 1 aliphatic rings. The van der Waals surface area contributed by atoms with Gasteiger partial charge in [-0.1, -0.05) is 18.5 Å². The minimum Gasteiger partial charge on any atom is -0.326 e. The lowest BCUT2D eigenvalue weighted by Crippen LogP contribution is -2.43. The van der Waals surface area contributed by atoms with Crippen molar-refractivity contribution in [1.29, 1.82) is 0 Å². The Morgan fingerprint density at radius 1 is 1.56 bits per heavy atom. The maximum absolute atomic E-state index is 6.34. The molecule has 0 aromatic carbocycles. The summed E-state index contributed by atoms with van der Waals surface area (Å²) >= 11 is 9.78. The van der Waals surface area contributed by atoms with E-state index in [9.17, 15) is 0 Å². The van der Waals surface area contributed by atoms with E-state index in [1.54, 1.807) is 11.3 Å². The molecule has 2 nitrogen and oxygen atoms in total. The summed E-state index contributed by atoms with van der Waals surface area (Å²) in [7, 11) is 2.21. The Morgan fingerprint density at radius 3 is 2.83 bits per heavy atom. The van der Waals surface area contributed by atoms with Gasteiger partial charge in [-0.3, -0.25) is 4.90 Å². The summed E-state index contributed by atoms with van der Waals surface area (Å²) in [6.07, 6.45) is 2.26. The molecule has 1 aliphatic heterocycles. The van der Waals surface area contributed by atoms with Crippen LogP contribution in [0.4, 0.5) is 0 Å². The highest BCUT2D eigenvalue weighted by Gasteiger charge is 2.31. The Hall–Kier alpha value is 0.260. The van der Waals surface area contributed by atoms with Crippen molar-refractivity contribution in [3.63, 3.8) is 0 Å². The lowest BCUT2D eigenvalue weighted by atomic mass is 10.0. The molecule has 0 saturated carbocycles. The third kappa shape index (κ3) is 3.23. The fourth-order valence-electron chi connectivity index (χ4n) is 2.49. The van der Waals surface area contributed by atoms with Crippen LogP contribution in [0.15, 0.2) is 12.1 Å². The number of thiophene rings is 1. The highest BCUT2D eigenvalue weighted by Crippen LogP contribution is 2.35. The Morgan fingerprint density at radius 2 is 2.33 bits per heavy atom. The van der Waals surface area contributed by atoms with Crippen LogP contribution in [0.3, 0.4) is 0 Å². The first-order valence-corrected chi connectivity index (χ1v) is 8.79. The van der Waals surface area contributed by atoms with E-state index >= 15 is 0 Å². The average molecular weight is 305 g/mol. The molecule has 102 valence electrons. The van der Waals surface area contributed by atoms with Crippen molar-refractivity contribution >= 4 is 34.7 Å². The second kappa shape index (κ2) is 6.62. The SMILES string of the molecule is CCC(N)C(c1ccc(Cl)s1)N(C)C1CCSC1. The Labute approximate surface area is 123 Å². The monoisotopic (exact) mass is 304 g/mol. The first-order valence-electron chi connectivity index (χ1n) is 6.44. The Bertz CT molecular complexity index is 377. The van der Waals surface area contributed by atoms with Crippen molar-refractivity contribution in [1.82, 2.24) is 4.90 Å². The normalized spacial score (nSPS) is 23.5. The number of hydrogen-bond acceptors (Lipinski definition) is 4. The van der Waals surface area contributed by atoms with Crippen LogP contribution in [0, 0.1) is 0 Å². The van der Waals surface area contributed by atoms with E-state index in [0.29, 0.717) is 12.1 Å². The minimum atomic E-state index is 0.176. The Kier molecular flexibility index (Phi) is 5.39. The number of rotatable bonds is 5. The van der Waals surface area contributed by atoms with Crippen molar-refractivity contribution in [3.8, 4) is 0 Å². The van der Waals surface area contributed by atoms with Crippen LogP contribution in [-0.4, -0.2) is 35.5 Å². The largest absolute Gasteiger partial charge is 0.326 e. The van der Waals surface area contributed by atoms with Gasteiger partial charge in [-0.25, -0.2) is 0 Å². The van der Waals surface area contributed by atoms with E-state index in [1.165, 1.54) is 22.8 Å². The summed E-state index contributed by atoms with van der Waals surface area (Å²) in [6, 6.07) is 5.24. The molecule has 0 aliphatic carbocycles. The van der Waals surface area contributed by atoms with Gasteiger partial charge in [0, 0.05) is 22.7 Å². The van der Waals surface area contributed by atoms with Crippen LogP contribution < -0.4 is 5.73 Å². The lowest BCUT2D eigenvalue weighted by Gasteiger charge is -2.35. The standard InChI is InChI=1S/C13H21ClN2S2/c1-3-10(15)13(11-4-5-12(14)18-11)16(2)9-6-7-17-8-9/h4-5,9-10,13H,3,6-8,15H2,1-2H3. The maximum Gasteiger partial charge on any atom is 0.0931 e. The fourth-order valence-corrected chi connectivity index (χ4v) is 5.06. The molecule has 1 saturated heterocycles. The molecule has 1 fully saturated rings. The summed E-state index contributed by atoms with van der Waals surface area (Å²) in [5.74, 6) is 2.50. The molecule has 5 heteroatoms. The van der Waals surface area contributed by atoms with Crippen LogP contribution >= 0.6 is 34.7 Å². The van der Waals surface area contributed by atoms with Gasteiger partial charge in [0.2, 0.25) is 0 Å². The van der Waals surface area contributed by atoms with Crippen LogP contribution in [0.5, 0.6) is 0 Å². The third-order valence-corrected chi connectivity index (χ3v) is 6.13. The molecule has 2 heterocycles. The van der Waals surface area contributed by atoms with Gasteiger partial charge in [-0.15, -0.1) is 11.3 Å². The van der Waals surface area contributed by atoms with Crippen LogP contribution in [0.25, 0.3) is 0 Å². The van der Waals surface area contributed by atoms with Gasteiger partial charge in [-0.2, -0.15) is 11.8 Å². The van der Waals surface area contributed by atoms with E-state index in [4.69, 9.17) is 17.3 Å². The molecule has 0 spiro atoms. The van der Waals surface area contributed by atoms with Crippen LogP contribution in [-0.2, 0) is 0 Å². The molecule has 0 bridgehead atoms.